The summed E-state index contributed by atoms with van der Waals surface area (Å²) in [6, 6.07) is 7.34. The molecule has 2 unspecified atom stereocenters. The highest BCUT2D eigenvalue weighted by Crippen LogP contribution is 2.27. The molecular formula is C13H16N2O2. The van der Waals surface area contributed by atoms with Gasteiger partial charge in [0, 0.05) is 12.6 Å². The summed E-state index contributed by atoms with van der Waals surface area (Å²) < 4.78 is 0. The predicted octanol–water partition coefficient (Wildman–Crippen LogP) is 1.88. The molecule has 0 aliphatic heterocycles. The van der Waals surface area contributed by atoms with Gasteiger partial charge in [-0.05, 0) is 30.5 Å². The van der Waals surface area contributed by atoms with Crippen LogP contribution in [-0.2, 0) is 6.54 Å². The molecule has 4 heteroatoms. The number of nitrogens with zero attached hydrogens (tertiary/aromatic N) is 1. The molecule has 0 heterocycles. The fraction of sp³-hybridized carbons (Fsp3) is 0.462. The summed E-state index contributed by atoms with van der Waals surface area (Å²) in [6.45, 7) is 0.608. The van der Waals surface area contributed by atoms with Crippen LogP contribution in [0.15, 0.2) is 18.2 Å². The number of phenols is 2. The Morgan fingerprint density at radius 3 is 2.82 bits per heavy atom. The average molecular weight is 232 g/mol. The Morgan fingerprint density at radius 2 is 2.12 bits per heavy atom. The molecule has 1 aromatic rings. The van der Waals surface area contributed by atoms with E-state index in [9.17, 15) is 10.2 Å². The van der Waals surface area contributed by atoms with Crippen LogP contribution in [-0.4, -0.2) is 16.3 Å². The van der Waals surface area contributed by atoms with Crippen molar-refractivity contribution >= 4 is 0 Å². The van der Waals surface area contributed by atoms with E-state index in [4.69, 9.17) is 5.26 Å². The summed E-state index contributed by atoms with van der Waals surface area (Å²) in [7, 11) is 0. The van der Waals surface area contributed by atoms with E-state index in [1.807, 2.05) is 0 Å². The zero-order chi connectivity index (χ0) is 12.3. The normalized spacial score (nSPS) is 23.5. The molecular weight excluding hydrogens is 216 g/mol. The Morgan fingerprint density at radius 1 is 1.29 bits per heavy atom. The summed E-state index contributed by atoms with van der Waals surface area (Å²) in [6.07, 6.45) is 3.09. The standard InChI is InChI=1S/C13H16N2O2/c14-7-10-2-1-3-11(10)15-8-9-4-5-12(16)13(17)6-9/h4-6,10-11,15-17H,1-3,8H2. The van der Waals surface area contributed by atoms with Crippen LogP contribution in [0.1, 0.15) is 24.8 Å². The highest BCUT2D eigenvalue weighted by molar-refractivity contribution is 5.40. The van der Waals surface area contributed by atoms with E-state index in [0.717, 1.165) is 24.8 Å². The minimum absolute atomic E-state index is 0.0979. The van der Waals surface area contributed by atoms with E-state index in [-0.39, 0.29) is 23.5 Å². The lowest BCUT2D eigenvalue weighted by molar-refractivity contribution is 0.402. The maximum atomic E-state index is 9.36. The summed E-state index contributed by atoms with van der Waals surface area (Å²) in [5, 5.41) is 30.8. The monoisotopic (exact) mass is 232 g/mol. The SMILES string of the molecule is N#CC1CCCC1NCc1ccc(O)c(O)c1. The first-order chi connectivity index (χ1) is 8.20. The van der Waals surface area contributed by atoms with Crippen molar-refractivity contribution in [2.75, 3.05) is 0 Å². The van der Waals surface area contributed by atoms with Crippen LogP contribution in [0.5, 0.6) is 11.5 Å². The molecule has 1 fully saturated rings. The first-order valence-electron chi connectivity index (χ1n) is 5.84. The van der Waals surface area contributed by atoms with Gasteiger partial charge in [-0.15, -0.1) is 0 Å². The van der Waals surface area contributed by atoms with E-state index in [2.05, 4.69) is 11.4 Å². The number of phenolic OH excluding ortho intramolecular Hbond substituents is 2. The van der Waals surface area contributed by atoms with Crippen LogP contribution in [0.4, 0.5) is 0 Å². The quantitative estimate of drug-likeness (QED) is 0.695. The number of rotatable bonds is 3. The van der Waals surface area contributed by atoms with Crippen molar-refractivity contribution in [1.29, 1.82) is 5.26 Å². The maximum Gasteiger partial charge on any atom is 0.157 e. The topological polar surface area (TPSA) is 76.3 Å². The van der Waals surface area contributed by atoms with E-state index in [0.29, 0.717) is 6.54 Å². The van der Waals surface area contributed by atoms with Crippen LogP contribution in [0, 0.1) is 17.2 Å². The zero-order valence-electron chi connectivity index (χ0n) is 9.56. The molecule has 0 amide bonds. The molecule has 1 aromatic carbocycles. The second kappa shape index (κ2) is 5.07. The fourth-order valence-corrected chi connectivity index (χ4v) is 2.29. The molecule has 1 aliphatic rings. The Balaban J connectivity index is 1.93. The molecule has 1 aliphatic carbocycles. The van der Waals surface area contributed by atoms with Crippen molar-refractivity contribution in [3.63, 3.8) is 0 Å². The van der Waals surface area contributed by atoms with Crippen molar-refractivity contribution in [1.82, 2.24) is 5.32 Å². The molecule has 4 nitrogen and oxygen atoms in total. The minimum atomic E-state index is -0.107. The molecule has 3 N–H and O–H groups in total. The van der Waals surface area contributed by atoms with E-state index < -0.39 is 0 Å². The van der Waals surface area contributed by atoms with Crippen LogP contribution in [0.25, 0.3) is 0 Å². The van der Waals surface area contributed by atoms with Crippen LogP contribution in [0.3, 0.4) is 0 Å². The van der Waals surface area contributed by atoms with E-state index in [1.54, 1.807) is 12.1 Å². The predicted molar refractivity (Wildman–Crippen MR) is 63.4 cm³/mol. The van der Waals surface area contributed by atoms with Crippen molar-refractivity contribution in [2.45, 2.75) is 31.8 Å². The van der Waals surface area contributed by atoms with Gasteiger partial charge in [-0.3, -0.25) is 0 Å². The van der Waals surface area contributed by atoms with Crippen molar-refractivity contribution in [3.8, 4) is 17.6 Å². The smallest absolute Gasteiger partial charge is 0.157 e. The largest absolute Gasteiger partial charge is 0.504 e. The molecule has 1 saturated carbocycles. The second-order valence-electron chi connectivity index (χ2n) is 4.48. The molecule has 2 atom stereocenters. The number of aromatic hydroxyl groups is 2. The molecule has 0 saturated heterocycles. The van der Waals surface area contributed by atoms with Gasteiger partial charge >= 0.3 is 0 Å². The van der Waals surface area contributed by atoms with E-state index in [1.165, 1.54) is 6.07 Å². The number of nitriles is 1. The van der Waals surface area contributed by atoms with Crippen LogP contribution in [0.2, 0.25) is 0 Å². The number of hydrogen-bond acceptors (Lipinski definition) is 4. The molecule has 0 aromatic heterocycles. The Labute approximate surface area is 101 Å². The zero-order valence-corrected chi connectivity index (χ0v) is 9.56. The number of benzene rings is 1. The minimum Gasteiger partial charge on any atom is -0.504 e. The van der Waals surface area contributed by atoms with Gasteiger partial charge in [0.15, 0.2) is 11.5 Å². The molecule has 0 bridgehead atoms. The fourth-order valence-electron chi connectivity index (χ4n) is 2.29. The summed E-state index contributed by atoms with van der Waals surface area (Å²) in [4.78, 5) is 0. The summed E-state index contributed by atoms with van der Waals surface area (Å²) >= 11 is 0. The van der Waals surface area contributed by atoms with Crippen molar-refractivity contribution in [3.05, 3.63) is 23.8 Å². The third-order valence-electron chi connectivity index (χ3n) is 3.29. The van der Waals surface area contributed by atoms with Crippen molar-refractivity contribution < 1.29 is 10.2 Å². The van der Waals surface area contributed by atoms with Gasteiger partial charge in [-0.25, -0.2) is 0 Å². The summed E-state index contributed by atoms with van der Waals surface area (Å²) in [5.74, 6) is -0.113. The third kappa shape index (κ3) is 2.69. The van der Waals surface area contributed by atoms with Gasteiger partial charge in [0.25, 0.3) is 0 Å². The molecule has 0 spiro atoms. The van der Waals surface area contributed by atoms with Gasteiger partial charge in [-0.2, -0.15) is 5.26 Å². The highest BCUT2D eigenvalue weighted by atomic mass is 16.3. The number of hydrogen-bond donors (Lipinski definition) is 3. The van der Waals surface area contributed by atoms with Gasteiger partial charge < -0.3 is 15.5 Å². The van der Waals surface area contributed by atoms with Gasteiger partial charge in [0.05, 0.1) is 12.0 Å². The van der Waals surface area contributed by atoms with E-state index >= 15 is 0 Å². The summed E-state index contributed by atoms with van der Waals surface area (Å²) in [5.41, 5.74) is 0.906. The molecule has 90 valence electrons. The lowest BCUT2D eigenvalue weighted by atomic mass is 10.1. The Hall–Kier alpha value is -1.73. The first-order valence-corrected chi connectivity index (χ1v) is 5.84. The van der Waals surface area contributed by atoms with Crippen LogP contribution >= 0.6 is 0 Å². The Kier molecular flexibility index (Phi) is 3.50. The third-order valence-corrected chi connectivity index (χ3v) is 3.29. The molecule has 2 rings (SSSR count). The number of nitrogens with one attached hydrogen (secondary N) is 1. The second-order valence-corrected chi connectivity index (χ2v) is 4.48. The lowest BCUT2D eigenvalue weighted by Crippen LogP contribution is -2.31. The Bertz CT molecular complexity index is 440. The molecule has 0 radical (unpaired) electrons. The molecule has 17 heavy (non-hydrogen) atoms. The average Bonchev–Trinajstić information content (AvgIpc) is 2.78. The van der Waals surface area contributed by atoms with Gasteiger partial charge in [-0.1, -0.05) is 12.5 Å². The lowest BCUT2D eigenvalue weighted by Gasteiger charge is -2.15. The van der Waals surface area contributed by atoms with Crippen LogP contribution < -0.4 is 5.32 Å². The van der Waals surface area contributed by atoms with Crippen molar-refractivity contribution in [2.24, 2.45) is 5.92 Å². The highest BCUT2D eigenvalue weighted by Gasteiger charge is 2.26. The first kappa shape index (κ1) is 11.7. The van der Waals surface area contributed by atoms with Gasteiger partial charge in [0.2, 0.25) is 0 Å². The maximum absolute atomic E-state index is 9.36. The van der Waals surface area contributed by atoms with Gasteiger partial charge in [0.1, 0.15) is 0 Å².